The predicted octanol–water partition coefficient (Wildman–Crippen LogP) is 3.10. The lowest BCUT2D eigenvalue weighted by Crippen LogP contribution is -2.32. The van der Waals surface area contributed by atoms with Crippen LogP contribution in [-0.4, -0.2) is 58.3 Å². The molecule has 0 spiro atoms. The highest BCUT2D eigenvalue weighted by atomic mass is 79.9. The van der Waals surface area contributed by atoms with Crippen molar-refractivity contribution in [3.8, 4) is 0 Å². The van der Waals surface area contributed by atoms with Crippen LogP contribution in [0.5, 0.6) is 0 Å². The van der Waals surface area contributed by atoms with E-state index in [1.165, 1.54) is 0 Å². The quantitative estimate of drug-likeness (QED) is 0.587. The Morgan fingerprint density at radius 3 is 2.87 bits per heavy atom. The lowest BCUT2D eigenvalue weighted by molar-refractivity contribution is 0.134. The first-order chi connectivity index (χ1) is 15.0. The lowest BCUT2D eigenvalue weighted by Gasteiger charge is -2.22. The molecule has 8 nitrogen and oxygen atoms in total. The van der Waals surface area contributed by atoms with Crippen LogP contribution in [0.2, 0.25) is 0 Å². The Kier molecular flexibility index (Phi) is 5.45. The topological polar surface area (TPSA) is 79.3 Å². The zero-order valence-corrected chi connectivity index (χ0v) is 19.0. The van der Waals surface area contributed by atoms with Crippen LogP contribution in [-0.2, 0) is 24.5 Å². The smallest absolute Gasteiger partial charge is 0.228 e. The van der Waals surface area contributed by atoms with Crippen LogP contribution in [0.1, 0.15) is 23.2 Å². The molecule has 0 amide bonds. The van der Waals surface area contributed by atoms with Gasteiger partial charge in [0.15, 0.2) is 5.82 Å². The molecule has 4 heterocycles. The average Bonchev–Trinajstić information content (AvgIpc) is 3.46. The first kappa shape index (κ1) is 20.5. The summed E-state index contributed by atoms with van der Waals surface area (Å²) < 4.78 is 21.4. The number of ether oxygens (including phenoxy) is 1. The Bertz CT molecular complexity index is 1130. The SMILES string of the molecule is CN(C)[C@H]1CCN(c2nc(NCc3cccnn3)c3c4c(c(Br)c(F)c3n2)COC4)C1. The molecule has 2 aliphatic heterocycles. The summed E-state index contributed by atoms with van der Waals surface area (Å²) in [6.07, 6.45) is 2.65. The predicted molar refractivity (Wildman–Crippen MR) is 119 cm³/mol. The average molecular weight is 488 g/mol. The standard InChI is InChI=1S/C21H23BrFN7O/c1-29(2)13-5-7-30(9-13)21-26-19-16(14-10-31-11-15(14)17(22)18(19)23)20(27-21)24-8-12-4-3-6-25-28-12/h3-4,6,13H,5,7-11H2,1-2H3,(H,24,26,27)/t13-/m0/s1. The Morgan fingerprint density at radius 1 is 1.29 bits per heavy atom. The fourth-order valence-electron chi connectivity index (χ4n) is 4.19. The van der Waals surface area contributed by atoms with E-state index in [9.17, 15) is 0 Å². The van der Waals surface area contributed by atoms with Gasteiger partial charge in [0, 0.05) is 30.9 Å². The normalized spacial score (nSPS) is 18.2. The van der Waals surface area contributed by atoms with Crippen molar-refractivity contribution in [3.63, 3.8) is 0 Å². The molecule has 0 radical (unpaired) electrons. The summed E-state index contributed by atoms with van der Waals surface area (Å²) in [5.41, 5.74) is 2.81. The number of anilines is 2. The van der Waals surface area contributed by atoms with E-state index < -0.39 is 0 Å². The number of rotatable bonds is 5. The number of nitrogens with zero attached hydrogens (tertiary/aromatic N) is 6. The third-order valence-corrected chi connectivity index (χ3v) is 6.79. The number of aromatic nitrogens is 4. The van der Waals surface area contributed by atoms with E-state index in [1.54, 1.807) is 6.20 Å². The molecule has 1 N–H and O–H groups in total. The zero-order chi connectivity index (χ0) is 21.5. The summed E-state index contributed by atoms with van der Waals surface area (Å²) in [6, 6.07) is 4.14. The molecule has 0 bridgehead atoms. The Morgan fingerprint density at radius 2 is 2.13 bits per heavy atom. The van der Waals surface area contributed by atoms with Crippen molar-refractivity contribution in [2.45, 2.75) is 32.2 Å². The molecule has 1 aromatic carbocycles. The maximum Gasteiger partial charge on any atom is 0.228 e. The van der Waals surface area contributed by atoms with Gasteiger partial charge in [-0.2, -0.15) is 15.2 Å². The molecule has 5 rings (SSSR count). The molecule has 2 aliphatic rings. The number of hydrogen-bond acceptors (Lipinski definition) is 8. The van der Waals surface area contributed by atoms with Gasteiger partial charge in [0.25, 0.3) is 0 Å². The van der Waals surface area contributed by atoms with Crippen LogP contribution >= 0.6 is 15.9 Å². The van der Waals surface area contributed by atoms with Gasteiger partial charge in [0.1, 0.15) is 11.3 Å². The number of likely N-dealkylation sites (N-methyl/N-ethyl adjacent to an activating group) is 1. The van der Waals surface area contributed by atoms with Crippen LogP contribution in [0.15, 0.2) is 22.8 Å². The van der Waals surface area contributed by atoms with Gasteiger partial charge in [-0.15, -0.1) is 0 Å². The van der Waals surface area contributed by atoms with Crippen LogP contribution in [0.4, 0.5) is 16.2 Å². The van der Waals surface area contributed by atoms with Gasteiger partial charge in [-0.25, -0.2) is 9.37 Å². The molecule has 0 aliphatic carbocycles. The highest BCUT2D eigenvalue weighted by molar-refractivity contribution is 9.10. The zero-order valence-electron chi connectivity index (χ0n) is 17.4. The molecule has 1 fully saturated rings. The Balaban J connectivity index is 1.61. The molecule has 0 saturated carbocycles. The van der Waals surface area contributed by atoms with Gasteiger partial charge in [0.2, 0.25) is 5.95 Å². The second-order valence-corrected chi connectivity index (χ2v) is 8.89. The summed E-state index contributed by atoms with van der Waals surface area (Å²) in [4.78, 5) is 13.8. The van der Waals surface area contributed by atoms with Crippen LogP contribution in [0.25, 0.3) is 10.9 Å². The van der Waals surface area contributed by atoms with Crippen molar-refractivity contribution < 1.29 is 9.13 Å². The molecule has 10 heteroatoms. The van der Waals surface area contributed by atoms with Crippen molar-refractivity contribution in [2.24, 2.45) is 0 Å². The first-order valence-electron chi connectivity index (χ1n) is 10.2. The highest BCUT2D eigenvalue weighted by Gasteiger charge is 2.30. The third kappa shape index (κ3) is 3.72. The van der Waals surface area contributed by atoms with Gasteiger partial charge >= 0.3 is 0 Å². The molecular weight excluding hydrogens is 465 g/mol. The molecule has 1 saturated heterocycles. The van der Waals surface area contributed by atoms with E-state index in [0.29, 0.717) is 52.9 Å². The summed E-state index contributed by atoms with van der Waals surface area (Å²) in [5.74, 6) is 0.740. The van der Waals surface area contributed by atoms with E-state index in [2.05, 4.69) is 60.3 Å². The van der Waals surface area contributed by atoms with Crippen LogP contribution < -0.4 is 10.2 Å². The largest absolute Gasteiger partial charge is 0.372 e. The van der Waals surface area contributed by atoms with Crippen molar-refractivity contribution in [2.75, 3.05) is 37.4 Å². The fraction of sp³-hybridized carbons (Fsp3) is 0.429. The van der Waals surface area contributed by atoms with E-state index in [1.807, 2.05) is 12.1 Å². The number of benzene rings is 1. The lowest BCUT2D eigenvalue weighted by atomic mass is 10.0. The minimum absolute atomic E-state index is 0.302. The van der Waals surface area contributed by atoms with E-state index in [0.717, 1.165) is 36.3 Å². The summed E-state index contributed by atoms with van der Waals surface area (Å²) in [5, 5.41) is 12.1. The highest BCUT2D eigenvalue weighted by Crippen LogP contribution is 2.40. The summed E-state index contributed by atoms with van der Waals surface area (Å²) >= 11 is 3.41. The van der Waals surface area contributed by atoms with E-state index in [4.69, 9.17) is 9.72 Å². The van der Waals surface area contributed by atoms with E-state index in [-0.39, 0.29) is 5.82 Å². The first-order valence-corrected chi connectivity index (χ1v) is 11.0. The Hall–Kier alpha value is -2.43. The van der Waals surface area contributed by atoms with Gasteiger partial charge < -0.3 is 19.9 Å². The van der Waals surface area contributed by atoms with Gasteiger partial charge in [-0.05, 0) is 54.1 Å². The minimum Gasteiger partial charge on any atom is -0.372 e. The van der Waals surface area contributed by atoms with Gasteiger partial charge in [-0.1, -0.05) is 0 Å². The van der Waals surface area contributed by atoms with Crippen molar-refractivity contribution >= 4 is 38.6 Å². The number of hydrogen-bond donors (Lipinski definition) is 1. The van der Waals surface area contributed by atoms with Gasteiger partial charge in [0.05, 0.1) is 35.3 Å². The molecule has 3 aromatic rings. The second-order valence-electron chi connectivity index (χ2n) is 8.09. The number of halogens is 2. The fourth-order valence-corrected chi connectivity index (χ4v) is 4.74. The molecular formula is C21H23BrFN7O. The maximum atomic E-state index is 15.4. The van der Waals surface area contributed by atoms with Crippen LogP contribution in [0, 0.1) is 5.82 Å². The van der Waals surface area contributed by atoms with Crippen molar-refractivity contribution in [3.05, 3.63) is 45.4 Å². The maximum absolute atomic E-state index is 15.4. The number of fused-ring (bicyclic) bond motifs is 3. The monoisotopic (exact) mass is 487 g/mol. The summed E-state index contributed by atoms with van der Waals surface area (Å²) in [6.45, 7) is 2.82. The molecule has 162 valence electrons. The second kappa shape index (κ2) is 8.25. The molecule has 1 atom stereocenters. The summed E-state index contributed by atoms with van der Waals surface area (Å²) in [7, 11) is 4.15. The molecule has 0 unspecified atom stereocenters. The molecule has 31 heavy (non-hydrogen) atoms. The van der Waals surface area contributed by atoms with Gasteiger partial charge in [-0.3, -0.25) is 0 Å². The van der Waals surface area contributed by atoms with Crippen molar-refractivity contribution in [1.82, 2.24) is 25.1 Å². The van der Waals surface area contributed by atoms with Crippen molar-refractivity contribution in [1.29, 1.82) is 0 Å². The minimum atomic E-state index is -0.381. The number of nitrogens with one attached hydrogen (secondary N) is 1. The third-order valence-electron chi connectivity index (χ3n) is 5.96. The van der Waals surface area contributed by atoms with Crippen LogP contribution in [0.3, 0.4) is 0 Å². The Labute approximate surface area is 188 Å². The van der Waals surface area contributed by atoms with E-state index >= 15 is 4.39 Å². The molecule has 2 aromatic heterocycles.